The van der Waals surface area contributed by atoms with Crippen LogP contribution in [0.2, 0.25) is 0 Å². The van der Waals surface area contributed by atoms with Gasteiger partial charge in [0.25, 0.3) is 0 Å². The Balaban J connectivity index is 2.35. The predicted octanol–water partition coefficient (Wildman–Crippen LogP) is 9.12. The first kappa shape index (κ1) is 24.8. The maximum atomic E-state index is 4.32. The van der Waals surface area contributed by atoms with Crippen molar-refractivity contribution in [1.29, 1.82) is 0 Å². The molecule has 0 fully saturated rings. The number of rotatable bonds is 9. The first-order valence-corrected chi connectivity index (χ1v) is 11.7. The molecule has 0 heterocycles. The average molecular weight is 419 g/mol. The third kappa shape index (κ3) is 6.26. The van der Waals surface area contributed by atoms with E-state index in [0.717, 1.165) is 11.4 Å². The molecule has 168 valence electrons. The van der Waals surface area contributed by atoms with E-state index >= 15 is 0 Å². The zero-order chi connectivity index (χ0) is 23.3. The molecular weight excluding hydrogens is 376 g/mol. The van der Waals surface area contributed by atoms with Crippen molar-refractivity contribution in [1.82, 2.24) is 0 Å². The lowest BCUT2D eigenvalue weighted by atomic mass is 9.92. The Labute approximate surface area is 190 Å². The van der Waals surface area contributed by atoms with Crippen LogP contribution in [0.1, 0.15) is 108 Å². The maximum Gasteiger partial charge on any atom is 0.0454 e. The Kier molecular flexibility index (Phi) is 8.56. The molecule has 0 unspecified atom stereocenters. The molecule has 0 bridgehead atoms. The Morgan fingerprint density at radius 3 is 1.29 bits per heavy atom. The third-order valence-electron chi connectivity index (χ3n) is 5.74. The average Bonchev–Trinajstić information content (AvgIpc) is 2.67. The number of para-hydroxylation sites is 2. The lowest BCUT2D eigenvalue weighted by Crippen LogP contribution is -2.09. The molecule has 2 aromatic rings. The minimum atomic E-state index is 0.448. The van der Waals surface area contributed by atoms with Crippen LogP contribution in [-0.4, -0.2) is 0 Å². The van der Waals surface area contributed by atoms with Gasteiger partial charge >= 0.3 is 0 Å². The van der Waals surface area contributed by atoms with Crippen molar-refractivity contribution in [2.24, 2.45) is 0 Å². The van der Waals surface area contributed by atoms with Crippen LogP contribution in [0.4, 0.5) is 11.4 Å². The summed E-state index contributed by atoms with van der Waals surface area (Å²) in [5.74, 6) is 1.82. The summed E-state index contributed by atoms with van der Waals surface area (Å²) in [6.07, 6.45) is 2.11. The standard InChI is InChI=1S/C29H42N2/c1-18(2)24-13-11-14-25(19(3)4)28(24)30-22(9)17-23(10)31-29-26(20(5)6)15-12-16-27(29)21(7)8/h11-21,30-31H,9H2,1-8,10H3. The van der Waals surface area contributed by atoms with E-state index in [-0.39, 0.29) is 0 Å². The molecule has 0 aliphatic rings. The summed E-state index contributed by atoms with van der Waals surface area (Å²) in [6, 6.07) is 13.2. The van der Waals surface area contributed by atoms with Gasteiger partial charge in [0, 0.05) is 22.8 Å². The van der Waals surface area contributed by atoms with Gasteiger partial charge in [-0.2, -0.15) is 0 Å². The van der Waals surface area contributed by atoms with Crippen molar-refractivity contribution in [2.75, 3.05) is 10.6 Å². The molecule has 0 aliphatic heterocycles. The highest BCUT2D eigenvalue weighted by molar-refractivity contribution is 5.65. The minimum absolute atomic E-state index is 0.448. The van der Waals surface area contributed by atoms with E-state index in [0.29, 0.717) is 23.7 Å². The minimum Gasteiger partial charge on any atom is -0.359 e. The van der Waals surface area contributed by atoms with E-state index in [1.807, 2.05) is 0 Å². The van der Waals surface area contributed by atoms with Gasteiger partial charge in [0.1, 0.15) is 0 Å². The van der Waals surface area contributed by atoms with Crippen molar-refractivity contribution < 1.29 is 0 Å². The Morgan fingerprint density at radius 2 is 0.968 bits per heavy atom. The fraction of sp³-hybridized carbons (Fsp3) is 0.448. The molecule has 0 radical (unpaired) electrons. The predicted molar refractivity (Wildman–Crippen MR) is 139 cm³/mol. The topological polar surface area (TPSA) is 24.1 Å². The summed E-state index contributed by atoms with van der Waals surface area (Å²) in [5.41, 5.74) is 9.78. The summed E-state index contributed by atoms with van der Waals surface area (Å²) in [7, 11) is 0. The van der Waals surface area contributed by atoms with Gasteiger partial charge in [-0.15, -0.1) is 0 Å². The third-order valence-corrected chi connectivity index (χ3v) is 5.74. The van der Waals surface area contributed by atoms with Crippen LogP contribution in [0, 0.1) is 0 Å². The first-order chi connectivity index (χ1) is 14.5. The number of nitrogens with one attached hydrogen (secondary N) is 2. The second-order valence-corrected chi connectivity index (χ2v) is 9.84. The van der Waals surface area contributed by atoms with E-state index in [1.165, 1.54) is 33.6 Å². The van der Waals surface area contributed by atoms with Gasteiger partial charge in [0.2, 0.25) is 0 Å². The molecule has 0 spiro atoms. The normalized spacial score (nSPS) is 12.2. The molecule has 2 nitrogen and oxygen atoms in total. The number of hydrogen-bond donors (Lipinski definition) is 2. The summed E-state index contributed by atoms with van der Waals surface area (Å²) in [5, 5.41) is 7.32. The van der Waals surface area contributed by atoms with Crippen molar-refractivity contribution in [3.8, 4) is 0 Å². The van der Waals surface area contributed by atoms with Crippen LogP contribution in [0.5, 0.6) is 0 Å². The molecule has 0 aliphatic carbocycles. The van der Waals surface area contributed by atoms with Gasteiger partial charge in [-0.05, 0) is 58.9 Å². The Morgan fingerprint density at radius 1 is 0.645 bits per heavy atom. The van der Waals surface area contributed by atoms with Crippen molar-refractivity contribution in [3.05, 3.63) is 82.7 Å². The highest BCUT2D eigenvalue weighted by atomic mass is 14.9. The second-order valence-electron chi connectivity index (χ2n) is 9.84. The van der Waals surface area contributed by atoms with E-state index in [2.05, 4.69) is 122 Å². The molecule has 0 saturated heterocycles. The van der Waals surface area contributed by atoms with E-state index in [4.69, 9.17) is 0 Å². The zero-order valence-electron chi connectivity index (χ0n) is 21.1. The van der Waals surface area contributed by atoms with Crippen LogP contribution in [0.15, 0.2) is 60.4 Å². The molecule has 2 N–H and O–H groups in total. The molecule has 2 aromatic carbocycles. The van der Waals surface area contributed by atoms with Gasteiger partial charge in [-0.3, -0.25) is 0 Å². The van der Waals surface area contributed by atoms with Crippen molar-refractivity contribution in [3.63, 3.8) is 0 Å². The lowest BCUT2D eigenvalue weighted by molar-refractivity contribution is 0.836. The first-order valence-electron chi connectivity index (χ1n) is 11.7. The fourth-order valence-electron chi connectivity index (χ4n) is 4.08. The monoisotopic (exact) mass is 418 g/mol. The molecular formula is C29H42N2. The Bertz CT molecular complexity index is 877. The highest BCUT2D eigenvalue weighted by Crippen LogP contribution is 2.35. The molecule has 0 saturated carbocycles. The number of anilines is 2. The molecule has 2 rings (SSSR count). The van der Waals surface area contributed by atoms with Gasteiger partial charge in [-0.25, -0.2) is 0 Å². The van der Waals surface area contributed by atoms with E-state index in [9.17, 15) is 0 Å². The van der Waals surface area contributed by atoms with Crippen molar-refractivity contribution in [2.45, 2.75) is 86.0 Å². The number of hydrogen-bond acceptors (Lipinski definition) is 2. The van der Waals surface area contributed by atoms with E-state index in [1.54, 1.807) is 0 Å². The fourth-order valence-corrected chi connectivity index (χ4v) is 4.08. The highest BCUT2D eigenvalue weighted by Gasteiger charge is 2.15. The maximum absolute atomic E-state index is 4.32. The summed E-state index contributed by atoms with van der Waals surface area (Å²) >= 11 is 0. The van der Waals surface area contributed by atoms with Crippen LogP contribution in [-0.2, 0) is 0 Å². The van der Waals surface area contributed by atoms with Gasteiger partial charge in [-0.1, -0.05) is 98.4 Å². The Hall–Kier alpha value is -2.48. The lowest BCUT2D eigenvalue weighted by Gasteiger charge is -2.23. The van der Waals surface area contributed by atoms with Crippen LogP contribution in [0.3, 0.4) is 0 Å². The van der Waals surface area contributed by atoms with Crippen LogP contribution >= 0.6 is 0 Å². The van der Waals surface area contributed by atoms with Gasteiger partial charge in [0.05, 0.1) is 0 Å². The summed E-state index contributed by atoms with van der Waals surface area (Å²) < 4.78 is 0. The number of benzene rings is 2. The molecule has 31 heavy (non-hydrogen) atoms. The second kappa shape index (κ2) is 10.7. The molecule has 2 heteroatoms. The quantitative estimate of drug-likeness (QED) is 0.397. The SMILES string of the molecule is C=C(C=C(C)Nc1c(C(C)C)cccc1C(C)C)Nc1c(C(C)C)cccc1C(C)C. The molecule has 0 atom stereocenters. The summed E-state index contributed by atoms with van der Waals surface area (Å²) in [6.45, 7) is 24.4. The molecule has 0 aromatic heterocycles. The van der Waals surface area contributed by atoms with Crippen LogP contribution < -0.4 is 10.6 Å². The van der Waals surface area contributed by atoms with Crippen LogP contribution in [0.25, 0.3) is 0 Å². The largest absolute Gasteiger partial charge is 0.359 e. The van der Waals surface area contributed by atoms with Gasteiger partial charge < -0.3 is 10.6 Å². The number of allylic oxidation sites excluding steroid dienone is 2. The summed E-state index contributed by atoms with van der Waals surface area (Å²) in [4.78, 5) is 0. The zero-order valence-corrected chi connectivity index (χ0v) is 21.1. The van der Waals surface area contributed by atoms with E-state index < -0.39 is 0 Å². The van der Waals surface area contributed by atoms with Crippen molar-refractivity contribution >= 4 is 11.4 Å². The van der Waals surface area contributed by atoms with Gasteiger partial charge in [0.15, 0.2) is 0 Å². The smallest absolute Gasteiger partial charge is 0.0454 e. The molecule has 0 amide bonds.